The number of aromatic nitrogens is 2. The number of hydrogen-bond acceptors (Lipinski definition) is 6. The number of rotatable bonds is 3. The second-order valence-electron chi connectivity index (χ2n) is 2.90. The lowest BCUT2D eigenvalue weighted by Crippen LogP contribution is -2.10. The molecule has 3 N–H and O–H groups in total. The molecule has 0 bridgehead atoms. The van der Waals surface area contributed by atoms with Crippen LogP contribution in [-0.4, -0.2) is 35.7 Å². The number of anilines is 1. The van der Waals surface area contributed by atoms with Crippen LogP contribution in [0.15, 0.2) is 11.1 Å². The van der Waals surface area contributed by atoms with Crippen molar-refractivity contribution in [2.45, 2.75) is 11.4 Å². The van der Waals surface area contributed by atoms with Crippen LogP contribution < -0.4 is 5.73 Å². The third kappa shape index (κ3) is 3.17. The summed E-state index contributed by atoms with van der Waals surface area (Å²) in [7, 11) is -3.51. The summed E-state index contributed by atoms with van der Waals surface area (Å²) in [5.74, 6) is -1.37. The zero-order valence-electron chi connectivity index (χ0n) is 7.84. The molecule has 8 heteroatoms. The second kappa shape index (κ2) is 3.81. The molecular weight excluding hydrogens is 222 g/mol. The Balaban J connectivity index is 3.23. The van der Waals surface area contributed by atoms with Gasteiger partial charge in [0.2, 0.25) is 5.95 Å². The number of nitrogens with zero attached hydrogens (tertiary/aromatic N) is 2. The maximum absolute atomic E-state index is 11.1. The molecule has 0 saturated carbocycles. The molecule has 7 nitrogen and oxygen atoms in total. The Bertz CT molecular complexity index is 497. The number of carboxylic acid groups (broad SMARTS) is 1. The van der Waals surface area contributed by atoms with E-state index in [0.717, 1.165) is 12.3 Å². The SMILES string of the molecule is CS(=O)(=O)c1cc(CC(=O)O)nc(N)n1. The molecule has 0 aliphatic heterocycles. The number of sulfone groups is 1. The van der Waals surface area contributed by atoms with Gasteiger partial charge in [-0.15, -0.1) is 0 Å². The highest BCUT2D eigenvalue weighted by molar-refractivity contribution is 7.90. The predicted octanol–water partition coefficient (Wildman–Crippen LogP) is -0.911. The summed E-state index contributed by atoms with van der Waals surface area (Å²) >= 11 is 0. The van der Waals surface area contributed by atoms with Gasteiger partial charge in [0.1, 0.15) is 0 Å². The van der Waals surface area contributed by atoms with Crippen molar-refractivity contribution in [3.05, 3.63) is 11.8 Å². The lowest BCUT2D eigenvalue weighted by Gasteiger charge is -2.02. The van der Waals surface area contributed by atoms with E-state index >= 15 is 0 Å². The minimum absolute atomic E-state index is 0.0652. The molecular formula is C7H9N3O4S. The normalized spacial score (nSPS) is 11.3. The standard InChI is InChI=1S/C7H9N3O4S/c1-15(13,14)5-2-4(3-6(11)12)9-7(8)10-5/h2H,3H2,1H3,(H,11,12)(H2,8,9,10). The number of aliphatic carboxylic acids is 1. The van der Waals surface area contributed by atoms with E-state index in [0.29, 0.717) is 0 Å². The smallest absolute Gasteiger partial charge is 0.309 e. The molecule has 0 saturated heterocycles. The molecule has 1 aromatic heterocycles. The van der Waals surface area contributed by atoms with Gasteiger partial charge in [0, 0.05) is 6.26 Å². The van der Waals surface area contributed by atoms with Gasteiger partial charge in [0.05, 0.1) is 12.1 Å². The maximum atomic E-state index is 11.1. The molecule has 0 amide bonds. The van der Waals surface area contributed by atoms with Crippen LogP contribution in [0, 0.1) is 0 Å². The summed E-state index contributed by atoms with van der Waals surface area (Å²) in [5, 5.41) is 8.23. The quantitative estimate of drug-likeness (QED) is 0.645. The fourth-order valence-corrected chi connectivity index (χ4v) is 1.54. The Morgan fingerprint density at radius 3 is 2.60 bits per heavy atom. The van der Waals surface area contributed by atoms with Crippen molar-refractivity contribution in [3.8, 4) is 0 Å². The van der Waals surface area contributed by atoms with Crippen LogP contribution in [0.2, 0.25) is 0 Å². The molecule has 0 aliphatic carbocycles. The topological polar surface area (TPSA) is 123 Å². The Morgan fingerprint density at radius 1 is 1.53 bits per heavy atom. The van der Waals surface area contributed by atoms with Crippen molar-refractivity contribution < 1.29 is 18.3 Å². The monoisotopic (exact) mass is 231 g/mol. The first-order valence-electron chi connectivity index (χ1n) is 3.84. The van der Waals surface area contributed by atoms with Gasteiger partial charge in [-0.25, -0.2) is 18.4 Å². The number of carbonyl (C=O) groups is 1. The molecule has 0 aromatic carbocycles. The van der Waals surface area contributed by atoms with E-state index in [2.05, 4.69) is 9.97 Å². The minimum atomic E-state index is -3.51. The molecule has 0 fully saturated rings. The average molecular weight is 231 g/mol. The average Bonchev–Trinajstić information content (AvgIpc) is 1.99. The first-order chi connectivity index (χ1) is 6.79. The van der Waals surface area contributed by atoms with E-state index in [4.69, 9.17) is 10.8 Å². The molecule has 0 spiro atoms. The van der Waals surface area contributed by atoms with Crippen molar-refractivity contribution in [3.63, 3.8) is 0 Å². The molecule has 0 aliphatic rings. The van der Waals surface area contributed by atoms with Gasteiger partial charge < -0.3 is 10.8 Å². The zero-order valence-corrected chi connectivity index (χ0v) is 8.65. The number of nitrogens with two attached hydrogens (primary N) is 1. The summed E-state index contributed by atoms with van der Waals surface area (Å²) in [6.45, 7) is 0. The van der Waals surface area contributed by atoms with E-state index in [1.165, 1.54) is 0 Å². The summed E-state index contributed by atoms with van der Waals surface area (Å²) in [5.41, 5.74) is 5.32. The highest BCUT2D eigenvalue weighted by atomic mass is 32.2. The third-order valence-electron chi connectivity index (χ3n) is 1.49. The fourth-order valence-electron chi connectivity index (χ4n) is 0.928. The van der Waals surface area contributed by atoms with E-state index in [1.807, 2.05) is 0 Å². The van der Waals surface area contributed by atoms with Crippen LogP contribution in [0.3, 0.4) is 0 Å². The first kappa shape index (κ1) is 11.4. The summed E-state index contributed by atoms with van der Waals surface area (Å²) < 4.78 is 22.3. The van der Waals surface area contributed by atoms with Crippen LogP contribution in [0.25, 0.3) is 0 Å². The minimum Gasteiger partial charge on any atom is -0.481 e. The Hall–Kier alpha value is -1.70. The van der Waals surface area contributed by atoms with Crippen LogP contribution in [-0.2, 0) is 21.1 Å². The largest absolute Gasteiger partial charge is 0.481 e. The molecule has 0 unspecified atom stereocenters. The molecule has 1 aromatic rings. The molecule has 1 heterocycles. The molecule has 1 rings (SSSR count). The summed E-state index contributed by atoms with van der Waals surface area (Å²) in [6.07, 6.45) is 0.564. The Morgan fingerprint density at radius 2 is 2.13 bits per heavy atom. The van der Waals surface area contributed by atoms with Gasteiger partial charge in [-0.05, 0) is 6.07 Å². The van der Waals surface area contributed by atoms with E-state index in [1.54, 1.807) is 0 Å². The number of hydrogen-bond donors (Lipinski definition) is 2. The van der Waals surface area contributed by atoms with Crippen molar-refractivity contribution in [2.75, 3.05) is 12.0 Å². The van der Waals surface area contributed by atoms with Crippen molar-refractivity contribution in [1.29, 1.82) is 0 Å². The number of nitrogen functional groups attached to an aromatic ring is 1. The van der Waals surface area contributed by atoms with E-state index in [-0.39, 0.29) is 16.7 Å². The fraction of sp³-hybridized carbons (Fsp3) is 0.286. The molecule has 82 valence electrons. The molecule has 0 atom stereocenters. The van der Waals surface area contributed by atoms with Crippen LogP contribution in [0.5, 0.6) is 0 Å². The highest BCUT2D eigenvalue weighted by Gasteiger charge is 2.13. The summed E-state index contributed by atoms with van der Waals surface area (Å²) in [6, 6.07) is 1.10. The van der Waals surface area contributed by atoms with Gasteiger partial charge in [-0.1, -0.05) is 0 Å². The van der Waals surface area contributed by atoms with Crippen LogP contribution in [0.1, 0.15) is 5.69 Å². The lowest BCUT2D eigenvalue weighted by atomic mass is 10.3. The maximum Gasteiger partial charge on any atom is 0.309 e. The molecule has 15 heavy (non-hydrogen) atoms. The van der Waals surface area contributed by atoms with Crippen LogP contribution in [0.4, 0.5) is 5.95 Å². The Kier molecular flexibility index (Phi) is 2.89. The third-order valence-corrected chi connectivity index (χ3v) is 2.45. The van der Waals surface area contributed by atoms with Crippen LogP contribution >= 0.6 is 0 Å². The highest BCUT2D eigenvalue weighted by Crippen LogP contribution is 2.09. The zero-order chi connectivity index (χ0) is 11.6. The van der Waals surface area contributed by atoms with Gasteiger partial charge in [0.15, 0.2) is 14.9 Å². The predicted molar refractivity (Wildman–Crippen MR) is 50.9 cm³/mol. The van der Waals surface area contributed by atoms with E-state index < -0.39 is 22.2 Å². The van der Waals surface area contributed by atoms with Gasteiger partial charge in [-0.3, -0.25) is 4.79 Å². The number of carboxylic acids is 1. The van der Waals surface area contributed by atoms with Crippen molar-refractivity contribution in [2.24, 2.45) is 0 Å². The lowest BCUT2D eigenvalue weighted by molar-refractivity contribution is -0.136. The van der Waals surface area contributed by atoms with Gasteiger partial charge in [-0.2, -0.15) is 0 Å². The summed E-state index contributed by atoms with van der Waals surface area (Å²) in [4.78, 5) is 17.5. The van der Waals surface area contributed by atoms with Crippen molar-refractivity contribution >= 4 is 21.8 Å². The Labute approximate surface area is 85.9 Å². The van der Waals surface area contributed by atoms with Gasteiger partial charge >= 0.3 is 5.97 Å². The van der Waals surface area contributed by atoms with Crippen molar-refractivity contribution in [1.82, 2.24) is 9.97 Å². The second-order valence-corrected chi connectivity index (χ2v) is 4.86. The first-order valence-corrected chi connectivity index (χ1v) is 5.73. The molecule has 0 radical (unpaired) electrons. The van der Waals surface area contributed by atoms with Gasteiger partial charge in [0.25, 0.3) is 0 Å². The van der Waals surface area contributed by atoms with E-state index in [9.17, 15) is 13.2 Å².